The van der Waals surface area contributed by atoms with Crippen LogP contribution in [0.4, 0.5) is 5.69 Å². The van der Waals surface area contributed by atoms with Gasteiger partial charge in [-0.05, 0) is 47.0 Å². The van der Waals surface area contributed by atoms with Crippen molar-refractivity contribution < 1.29 is 9.90 Å². The van der Waals surface area contributed by atoms with Gasteiger partial charge in [-0.3, -0.25) is 0 Å². The molecule has 3 nitrogen and oxygen atoms in total. The number of unbranched alkanes of at least 4 members (excludes halogenated alkanes) is 2. The molecule has 0 unspecified atom stereocenters. The topological polar surface area (TPSA) is 49.3 Å². The van der Waals surface area contributed by atoms with Gasteiger partial charge in [0.15, 0.2) is 0 Å². The van der Waals surface area contributed by atoms with Crippen molar-refractivity contribution >= 4 is 27.6 Å². The van der Waals surface area contributed by atoms with Crippen molar-refractivity contribution in [1.82, 2.24) is 0 Å². The van der Waals surface area contributed by atoms with Gasteiger partial charge in [0.25, 0.3) is 0 Å². The van der Waals surface area contributed by atoms with Gasteiger partial charge in [-0.1, -0.05) is 0 Å². The van der Waals surface area contributed by atoms with Crippen molar-refractivity contribution in [2.24, 2.45) is 0 Å². The molecule has 0 heterocycles. The molecule has 90 valence electrons. The summed E-state index contributed by atoms with van der Waals surface area (Å²) in [6, 6.07) is 5.11. The molecule has 1 rings (SSSR count). The van der Waals surface area contributed by atoms with Gasteiger partial charge in [0.2, 0.25) is 0 Å². The maximum absolute atomic E-state index is 10.8. The molecule has 1 aromatic carbocycles. The van der Waals surface area contributed by atoms with Crippen molar-refractivity contribution in [3.05, 3.63) is 28.2 Å². The first-order valence-corrected chi connectivity index (χ1v) is 6.14. The van der Waals surface area contributed by atoms with Crippen LogP contribution in [-0.2, 0) is 0 Å². The van der Waals surface area contributed by atoms with Crippen LogP contribution >= 0.6 is 15.9 Å². The second kappa shape index (κ2) is 6.97. The Morgan fingerprint density at radius 1 is 1.47 bits per heavy atom. The third-order valence-corrected chi connectivity index (χ3v) is 2.93. The van der Waals surface area contributed by atoms with Crippen molar-refractivity contribution in [1.29, 1.82) is 0 Å². The van der Waals surface area contributed by atoms with Crippen molar-refractivity contribution in [3.63, 3.8) is 0 Å². The summed E-state index contributed by atoms with van der Waals surface area (Å²) >= 11 is 3.23. The van der Waals surface area contributed by atoms with Crippen LogP contribution in [0.2, 0.25) is 0 Å². The summed E-state index contributed by atoms with van der Waals surface area (Å²) in [6.07, 6.45) is 7.95. The van der Waals surface area contributed by atoms with Gasteiger partial charge in [-0.25, -0.2) is 4.79 Å². The lowest BCUT2D eigenvalue weighted by Gasteiger charge is -2.07. The molecule has 0 atom stereocenters. The standard InChI is InChI=1S/C13H14BrNO2/c1-2-3-4-5-8-15-10-6-7-11(13(16)17)12(14)9-10/h1,6-7,9,15H,3-5,8H2,(H,16,17). The predicted molar refractivity (Wildman–Crippen MR) is 72.3 cm³/mol. The largest absolute Gasteiger partial charge is 0.478 e. The molecular formula is C13H14BrNO2. The van der Waals surface area contributed by atoms with Crippen LogP contribution in [0.3, 0.4) is 0 Å². The number of benzene rings is 1. The second-order valence-electron chi connectivity index (χ2n) is 3.59. The van der Waals surface area contributed by atoms with E-state index < -0.39 is 5.97 Å². The first-order valence-electron chi connectivity index (χ1n) is 5.35. The fourth-order valence-corrected chi connectivity index (χ4v) is 1.93. The summed E-state index contributed by atoms with van der Waals surface area (Å²) in [5, 5.41) is 12.1. The number of hydrogen-bond acceptors (Lipinski definition) is 2. The summed E-state index contributed by atoms with van der Waals surface area (Å²) in [5.74, 6) is 1.66. The van der Waals surface area contributed by atoms with E-state index >= 15 is 0 Å². The lowest BCUT2D eigenvalue weighted by Crippen LogP contribution is -2.03. The van der Waals surface area contributed by atoms with Crippen LogP contribution < -0.4 is 5.32 Å². The molecule has 0 spiro atoms. The van der Waals surface area contributed by atoms with Gasteiger partial charge in [0.05, 0.1) is 5.56 Å². The molecule has 0 saturated carbocycles. The Labute approximate surface area is 109 Å². The lowest BCUT2D eigenvalue weighted by atomic mass is 10.2. The Morgan fingerprint density at radius 3 is 2.82 bits per heavy atom. The fourth-order valence-electron chi connectivity index (χ4n) is 1.38. The number of hydrogen-bond donors (Lipinski definition) is 2. The molecular weight excluding hydrogens is 282 g/mol. The van der Waals surface area contributed by atoms with E-state index in [1.165, 1.54) is 0 Å². The average molecular weight is 296 g/mol. The molecule has 1 aromatic rings. The molecule has 0 aliphatic heterocycles. The number of nitrogens with one attached hydrogen (secondary N) is 1. The van der Waals surface area contributed by atoms with E-state index in [0.717, 1.165) is 31.5 Å². The first kappa shape index (κ1) is 13.6. The van der Waals surface area contributed by atoms with Gasteiger partial charge in [-0.2, -0.15) is 0 Å². The highest BCUT2D eigenvalue weighted by Crippen LogP contribution is 2.21. The number of carboxylic acids is 1. The van der Waals surface area contributed by atoms with Crippen LogP contribution in [0.25, 0.3) is 0 Å². The van der Waals surface area contributed by atoms with Crippen LogP contribution in [0.15, 0.2) is 22.7 Å². The molecule has 0 amide bonds. The van der Waals surface area contributed by atoms with Crippen LogP contribution in [0.5, 0.6) is 0 Å². The summed E-state index contributed by atoms with van der Waals surface area (Å²) < 4.78 is 0.582. The molecule has 4 heteroatoms. The van der Waals surface area contributed by atoms with E-state index in [2.05, 4.69) is 27.2 Å². The number of aromatic carboxylic acids is 1. The van der Waals surface area contributed by atoms with Gasteiger partial charge >= 0.3 is 5.97 Å². The molecule has 0 aliphatic rings. The van der Waals surface area contributed by atoms with Crippen molar-refractivity contribution in [2.75, 3.05) is 11.9 Å². The van der Waals surface area contributed by atoms with E-state index in [1.807, 2.05) is 0 Å². The zero-order valence-electron chi connectivity index (χ0n) is 9.37. The summed E-state index contributed by atoms with van der Waals surface area (Å²) in [6.45, 7) is 0.834. The minimum absolute atomic E-state index is 0.267. The molecule has 0 saturated heterocycles. The summed E-state index contributed by atoms with van der Waals surface area (Å²) in [4.78, 5) is 10.8. The highest BCUT2D eigenvalue weighted by molar-refractivity contribution is 9.10. The summed E-state index contributed by atoms with van der Waals surface area (Å²) in [7, 11) is 0. The smallest absolute Gasteiger partial charge is 0.336 e. The fraction of sp³-hybridized carbons (Fsp3) is 0.308. The van der Waals surface area contributed by atoms with E-state index in [1.54, 1.807) is 18.2 Å². The quantitative estimate of drug-likeness (QED) is 0.625. The predicted octanol–water partition coefficient (Wildman–Crippen LogP) is 3.36. The molecule has 0 bridgehead atoms. The first-order chi connectivity index (χ1) is 8.15. The van der Waals surface area contributed by atoms with E-state index in [-0.39, 0.29) is 5.56 Å². The van der Waals surface area contributed by atoms with Crippen molar-refractivity contribution in [2.45, 2.75) is 19.3 Å². The van der Waals surface area contributed by atoms with E-state index in [0.29, 0.717) is 4.47 Å². The third-order valence-electron chi connectivity index (χ3n) is 2.28. The monoisotopic (exact) mass is 295 g/mol. The zero-order chi connectivity index (χ0) is 12.7. The normalized spacial score (nSPS) is 9.65. The van der Waals surface area contributed by atoms with Gasteiger partial charge in [0.1, 0.15) is 0 Å². The number of carboxylic acid groups (broad SMARTS) is 1. The molecule has 0 fully saturated rings. The highest BCUT2D eigenvalue weighted by atomic mass is 79.9. The van der Waals surface area contributed by atoms with Crippen LogP contribution in [0, 0.1) is 12.3 Å². The number of halogens is 1. The minimum atomic E-state index is -0.933. The van der Waals surface area contributed by atoms with Crippen LogP contribution in [-0.4, -0.2) is 17.6 Å². The number of carbonyl (C=O) groups is 1. The number of rotatable bonds is 6. The number of terminal acetylenes is 1. The average Bonchev–Trinajstić information content (AvgIpc) is 2.28. The van der Waals surface area contributed by atoms with Crippen molar-refractivity contribution in [3.8, 4) is 12.3 Å². The van der Waals surface area contributed by atoms with E-state index in [4.69, 9.17) is 11.5 Å². The number of anilines is 1. The molecule has 17 heavy (non-hydrogen) atoms. The lowest BCUT2D eigenvalue weighted by molar-refractivity contribution is 0.0696. The highest BCUT2D eigenvalue weighted by Gasteiger charge is 2.07. The molecule has 0 aliphatic carbocycles. The SMILES string of the molecule is C#CCCCCNc1ccc(C(=O)O)c(Br)c1. The third kappa shape index (κ3) is 4.49. The van der Waals surface area contributed by atoms with Gasteiger partial charge in [0, 0.05) is 23.1 Å². The Kier molecular flexibility index (Phi) is 5.58. The zero-order valence-corrected chi connectivity index (χ0v) is 11.0. The Hall–Kier alpha value is -1.47. The summed E-state index contributed by atoms with van der Waals surface area (Å²) in [5.41, 5.74) is 1.17. The molecule has 0 aromatic heterocycles. The van der Waals surface area contributed by atoms with Gasteiger partial charge < -0.3 is 10.4 Å². The minimum Gasteiger partial charge on any atom is -0.478 e. The maximum atomic E-state index is 10.8. The van der Waals surface area contributed by atoms with Crippen LogP contribution in [0.1, 0.15) is 29.6 Å². The molecule has 2 N–H and O–H groups in total. The molecule has 0 radical (unpaired) electrons. The Balaban J connectivity index is 2.48. The Bertz CT molecular complexity index is 438. The second-order valence-corrected chi connectivity index (χ2v) is 4.44. The van der Waals surface area contributed by atoms with E-state index in [9.17, 15) is 4.79 Å². The Morgan fingerprint density at radius 2 is 2.24 bits per heavy atom. The maximum Gasteiger partial charge on any atom is 0.336 e. The van der Waals surface area contributed by atoms with Gasteiger partial charge in [-0.15, -0.1) is 12.3 Å².